The quantitative estimate of drug-likeness (QED) is 0.921. The molecule has 2 rings (SSSR count). The van der Waals surface area contributed by atoms with Crippen LogP contribution in [0.4, 0.5) is 5.69 Å². The molecule has 0 bridgehead atoms. The van der Waals surface area contributed by atoms with E-state index >= 15 is 0 Å². The highest BCUT2D eigenvalue weighted by Crippen LogP contribution is 2.25. The molecule has 2 amide bonds. The number of pyridine rings is 1. The maximum atomic E-state index is 12.0. The standard InChI is InChI=1S/C16H16ClN3O2/c1-12(21)20(15-8-3-2-7-14(15)17)11-16(22)19-10-13-6-4-5-9-18-13/h2-9H,10-11H2,1H3,(H,19,22). The van der Waals surface area contributed by atoms with Crippen LogP contribution in [0.2, 0.25) is 5.02 Å². The van der Waals surface area contributed by atoms with Crippen molar-refractivity contribution in [3.8, 4) is 0 Å². The van der Waals surface area contributed by atoms with Crippen LogP contribution >= 0.6 is 11.6 Å². The van der Waals surface area contributed by atoms with Crippen molar-refractivity contribution in [1.82, 2.24) is 10.3 Å². The Kier molecular flexibility index (Phi) is 5.49. The van der Waals surface area contributed by atoms with E-state index in [0.29, 0.717) is 17.3 Å². The van der Waals surface area contributed by atoms with E-state index in [1.54, 1.807) is 36.5 Å². The van der Waals surface area contributed by atoms with Crippen molar-refractivity contribution < 1.29 is 9.59 Å². The van der Waals surface area contributed by atoms with Gasteiger partial charge in [-0.25, -0.2) is 0 Å². The smallest absolute Gasteiger partial charge is 0.240 e. The summed E-state index contributed by atoms with van der Waals surface area (Å²) in [5, 5.41) is 3.16. The first-order chi connectivity index (χ1) is 10.6. The van der Waals surface area contributed by atoms with Crippen molar-refractivity contribution in [3.05, 3.63) is 59.4 Å². The molecular formula is C16H16ClN3O2. The highest BCUT2D eigenvalue weighted by molar-refractivity contribution is 6.33. The van der Waals surface area contributed by atoms with Crippen LogP contribution in [-0.4, -0.2) is 23.3 Å². The molecule has 0 aliphatic heterocycles. The van der Waals surface area contributed by atoms with Crippen molar-refractivity contribution in [3.63, 3.8) is 0 Å². The summed E-state index contributed by atoms with van der Waals surface area (Å²) in [6.45, 7) is 1.62. The first-order valence-electron chi connectivity index (χ1n) is 6.77. The lowest BCUT2D eigenvalue weighted by molar-refractivity contribution is -0.123. The van der Waals surface area contributed by atoms with Gasteiger partial charge in [0.25, 0.3) is 0 Å². The van der Waals surface area contributed by atoms with Gasteiger partial charge in [-0.2, -0.15) is 0 Å². The van der Waals surface area contributed by atoms with Crippen LogP contribution in [0.1, 0.15) is 12.6 Å². The number of hydrogen-bond donors (Lipinski definition) is 1. The minimum absolute atomic E-state index is 0.0914. The van der Waals surface area contributed by atoms with Crippen molar-refractivity contribution in [2.75, 3.05) is 11.4 Å². The number of hydrogen-bond acceptors (Lipinski definition) is 3. The van der Waals surface area contributed by atoms with Gasteiger partial charge in [-0.1, -0.05) is 29.8 Å². The Labute approximate surface area is 133 Å². The van der Waals surface area contributed by atoms with Crippen LogP contribution in [0.15, 0.2) is 48.7 Å². The predicted molar refractivity (Wildman–Crippen MR) is 85.6 cm³/mol. The number of carbonyl (C=O) groups excluding carboxylic acids is 2. The fourth-order valence-corrected chi connectivity index (χ4v) is 2.17. The molecular weight excluding hydrogens is 302 g/mol. The number of halogens is 1. The summed E-state index contributed by atoms with van der Waals surface area (Å²) in [5.74, 6) is -0.526. The van der Waals surface area contributed by atoms with Crippen LogP contribution < -0.4 is 10.2 Å². The fraction of sp³-hybridized carbons (Fsp3) is 0.188. The van der Waals surface area contributed by atoms with Gasteiger partial charge in [0.05, 0.1) is 22.9 Å². The maximum Gasteiger partial charge on any atom is 0.240 e. The van der Waals surface area contributed by atoms with E-state index in [1.807, 2.05) is 12.1 Å². The molecule has 0 aliphatic rings. The third kappa shape index (κ3) is 4.30. The molecule has 1 aromatic heterocycles. The number of nitrogens with one attached hydrogen (secondary N) is 1. The van der Waals surface area contributed by atoms with Gasteiger partial charge in [0.2, 0.25) is 11.8 Å². The van der Waals surface area contributed by atoms with Crippen LogP contribution in [0, 0.1) is 0 Å². The van der Waals surface area contributed by atoms with E-state index in [1.165, 1.54) is 11.8 Å². The number of anilines is 1. The number of benzene rings is 1. The van der Waals surface area contributed by atoms with Gasteiger partial charge in [-0.3, -0.25) is 14.6 Å². The molecule has 0 atom stereocenters. The Balaban J connectivity index is 2.01. The average molecular weight is 318 g/mol. The topological polar surface area (TPSA) is 62.3 Å². The Morgan fingerprint density at radius 2 is 1.91 bits per heavy atom. The van der Waals surface area contributed by atoms with Gasteiger partial charge in [0.1, 0.15) is 6.54 Å². The molecule has 5 nitrogen and oxygen atoms in total. The number of carbonyl (C=O) groups is 2. The number of aromatic nitrogens is 1. The second kappa shape index (κ2) is 7.56. The minimum atomic E-state index is -0.277. The van der Waals surface area contributed by atoms with Gasteiger partial charge in [0, 0.05) is 13.1 Å². The molecule has 0 unspecified atom stereocenters. The number of para-hydroxylation sites is 1. The number of nitrogens with zero attached hydrogens (tertiary/aromatic N) is 2. The molecule has 1 aromatic carbocycles. The Morgan fingerprint density at radius 3 is 2.55 bits per heavy atom. The van der Waals surface area contributed by atoms with Crippen LogP contribution in [0.3, 0.4) is 0 Å². The molecule has 0 aliphatic carbocycles. The summed E-state index contributed by atoms with van der Waals surface area (Å²) < 4.78 is 0. The normalized spacial score (nSPS) is 10.1. The van der Waals surface area contributed by atoms with E-state index in [0.717, 1.165) is 5.69 Å². The van der Waals surface area contributed by atoms with Gasteiger partial charge < -0.3 is 10.2 Å². The van der Waals surface area contributed by atoms with E-state index in [9.17, 15) is 9.59 Å². The fourth-order valence-electron chi connectivity index (χ4n) is 1.93. The zero-order valence-corrected chi connectivity index (χ0v) is 12.9. The Morgan fingerprint density at radius 1 is 1.18 bits per heavy atom. The molecule has 0 spiro atoms. The summed E-state index contributed by atoms with van der Waals surface area (Å²) in [6, 6.07) is 12.4. The van der Waals surface area contributed by atoms with Gasteiger partial charge in [-0.15, -0.1) is 0 Å². The lowest BCUT2D eigenvalue weighted by atomic mass is 10.2. The first-order valence-corrected chi connectivity index (χ1v) is 7.15. The van der Waals surface area contributed by atoms with E-state index < -0.39 is 0 Å². The van der Waals surface area contributed by atoms with Crippen molar-refractivity contribution in [2.45, 2.75) is 13.5 Å². The number of rotatable bonds is 5. The monoisotopic (exact) mass is 317 g/mol. The number of amides is 2. The van der Waals surface area contributed by atoms with Gasteiger partial charge in [0.15, 0.2) is 0 Å². The van der Waals surface area contributed by atoms with Crippen LogP contribution in [-0.2, 0) is 16.1 Å². The third-order valence-corrected chi connectivity index (χ3v) is 3.34. The van der Waals surface area contributed by atoms with E-state index in [4.69, 9.17) is 11.6 Å². The van der Waals surface area contributed by atoms with Crippen molar-refractivity contribution in [1.29, 1.82) is 0 Å². The zero-order chi connectivity index (χ0) is 15.9. The molecule has 6 heteroatoms. The zero-order valence-electron chi connectivity index (χ0n) is 12.1. The van der Waals surface area contributed by atoms with E-state index in [2.05, 4.69) is 10.3 Å². The van der Waals surface area contributed by atoms with Crippen LogP contribution in [0.5, 0.6) is 0 Å². The maximum absolute atomic E-state index is 12.0. The second-order valence-corrected chi connectivity index (χ2v) is 5.06. The highest BCUT2D eigenvalue weighted by atomic mass is 35.5. The molecule has 1 heterocycles. The van der Waals surface area contributed by atoms with Gasteiger partial charge >= 0.3 is 0 Å². The molecule has 0 radical (unpaired) electrons. The summed E-state index contributed by atoms with van der Waals surface area (Å²) in [7, 11) is 0. The molecule has 1 N–H and O–H groups in total. The van der Waals surface area contributed by atoms with E-state index in [-0.39, 0.29) is 18.4 Å². The SMILES string of the molecule is CC(=O)N(CC(=O)NCc1ccccn1)c1ccccc1Cl. The average Bonchev–Trinajstić information content (AvgIpc) is 2.52. The molecule has 0 saturated carbocycles. The van der Waals surface area contributed by atoms with Crippen molar-refractivity contribution >= 4 is 29.1 Å². The Bertz CT molecular complexity index is 661. The molecule has 114 valence electrons. The lowest BCUT2D eigenvalue weighted by Gasteiger charge is -2.21. The summed E-state index contributed by atoms with van der Waals surface area (Å²) in [5.41, 5.74) is 1.27. The summed E-state index contributed by atoms with van der Waals surface area (Å²) in [6.07, 6.45) is 1.66. The molecule has 0 fully saturated rings. The van der Waals surface area contributed by atoms with Crippen molar-refractivity contribution in [2.24, 2.45) is 0 Å². The largest absolute Gasteiger partial charge is 0.349 e. The second-order valence-electron chi connectivity index (χ2n) is 4.65. The summed E-state index contributed by atoms with van der Waals surface area (Å²) >= 11 is 6.08. The molecule has 0 saturated heterocycles. The third-order valence-electron chi connectivity index (χ3n) is 3.02. The highest BCUT2D eigenvalue weighted by Gasteiger charge is 2.17. The lowest BCUT2D eigenvalue weighted by Crippen LogP contribution is -2.39. The molecule has 2 aromatic rings. The predicted octanol–water partition coefficient (Wildman–Crippen LogP) is 2.40. The summed E-state index contributed by atoms with van der Waals surface area (Å²) in [4.78, 5) is 29.3. The Hall–Kier alpha value is -2.40. The first kappa shape index (κ1) is 16.0. The van der Waals surface area contributed by atoms with Crippen LogP contribution in [0.25, 0.3) is 0 Å². The minimum Gasteiger partial charge on any atom is -0.349 e. The molecule has 22 heavy (non-hydrogen) atoms. The van der Waals surface area contributed by atoms with Gasteiger partial charge in [-0.05, 0) is 24.3 Å².